The van der Waals surface area contributed by atoms with E-state index in [9.17, 15) is 4.79 Å². The molecule has 122 valence electrons. The predicted molar refractivity (Wildman–Crippen MR) is 99.7 cm³/mol. The maximum Gasteiger partial charge on any atom is 0.230 e. The largest absolute Gasteiger partial charge is 0.496 e. The fourth-order valence-corrected chi connectivity index (χ4v) is 3.07. The highest BCUT2D eigenvalue weighted by Crippen LogP contribution is 2.27. The number of carbonyl (C=O) groups is 1. The summed E-state index contributed by atoms with van der Waals surface area (Å²) >= 11 is 6.87. The van der Waals surface area contributed by atoms with Crippen LogP contribution in [0, 0.1) is 0 Å². The van der Waals surface area contributed by atoms with Crippen molar-refractivity contribution < 1.29 is 9.53 Å². The van der Waals surface area contributed by atoms with Gasteiger partial charge in [-0.05, 0) is 65.2 Å². The van der Waals surface area contributed by atoms with Gasteiger partial charge in [0.1, 0.15) is 5.75 Å². The van der Waals surface area contributed by atoms with Gasteiger partial charge < -0.3 is 10.1 Å². The first-order valence-corrected chi connectivity index (χ1v) is 8.80. The lowest BCUT2D eigenvalue weighted by molar-refractivity contribution is -0.125. The molecule has 2 aromatic carbocycles. The van der Waals surface area contributed by atoms with E-state index in [0.29, 0.717) is 6.54 Å². The lowest BCUT2D eigenvalue weighted by Crippen LogP contribution is -2.39. The summed E-state index contributed by atoms with van der Waals surface area (Å²) in [6.45, 7) is 4.33. The Labute approximate surface area is 153 Å². The molecule has 0 heterocycles. The second-order valence-electron chi connectivity index (χ2n) is 5.78. The molecule has 0 aliphatic heterocycles. The van der Waals surface area contributed by atoms with Crippen molar-refractivity contribution in [1.82, 2.24) is 5.32 Å². The number of rotatable bonds is 5. The molecule has 2 rings (SSSR count). The van der Waals surface area contributed by atoms with E-state index in [4.69, 9.17) is 4.74 Å². The molecule has 5 heteroatoms. The highest BCUT2D eigenvalue weighted by atomic mass is 79.9. The van der Waals surface area contributed by atoms with Crippen LogP contribution in [0.1, 0.15) is 25.0 Å². The molecule has 0 unspecified atom stereocenters. The van der Waals surface area contributed by atoms with Crippen LogP contribution in [0.25, 0.3) is 0 Å². The van der Waals surface area contributed by atoms with E-state index in [1.54, 1.807) is 7.11 Å². The van der Waals surface area contributed by atoms with E-state index < -0.39 is 5.41 Å². The first-order valence-electron chi connectivity index (χ1n) is 7.21. The van der Waals surface area contributed by atoms with Crippen LogP contribution in [0.4, 0.5) is 0 Å². The first-order chi connectivity index (χ1) is 10.8. The molecule has 0 bridgehead atoms. The minimum atomic E-state index is -0.593. The molecule has 0 atom stereocenters. The van der Waals surface area contributed by atoms with E-state index in [0.717, 1.165) is 25.8 Å². The Balaban J connectivity index is 2.06. The highest BCUT2D eigenvalue weighted by molar-refractivity contribution is 9.10. The summed E-state index contributed by atoms with van der Waals surface area (Å²) in [5, 5.41) is 3.00. The summed E-state index contributed by atoms with van der Waals surface area (Å²) in [7, 11) is 1.63. The van der Waals surface area contributed by atoms with Gasteiger partial charge in [-0.3, -0.25) is 4.79 Å². The topological polar surface area (TPSA) is 38.3 Å². The summed E-state index contributed by atoms with van der Waals surface area (Å²) in [5.74, 6) is 0.766. The first kappa shape index (κ1) is 18.0. The van der Waals surface area contributed by atoms with Crippen LogP contribution in [0.15, 0.2) is 51.4 Å². The van der Waals surface area contributed by atoms with Crippen molar-refractivity contribution in [2.75, 3.05) is 7.11 Å². The Bertz CT molecular complexity index is 697. The molecule has 0 radical (unpaired) electrons. The quantitative estimate of drug-likeness (QED) is 0.724. The standard InChI is InChI=1S/C18H19Br2NO2/c1-18(2,13-5-7-14(19)8-6-13)17(22)21-11-12-4-9-16(23-3)15(20)10-12/h4-10H,11H2,1-3H3,(H,21,22). The average molecular weight is 441 g/mol. The Hall–Kier alpha value is -1.33. The maximum atomic E-state index is 12.6. The number of benzene rings is 2. The van der Waals surface area contributed by atoms with Crippen LogP contribution in [0.3, 0.4) is 0 Å². The molecule has 0 aliphatic rings. The number of halogens is 2. The van der Waals surface area contributed by atoms with Crippen LogP contribution in [0.2, 0.25) is 0 Å². The number of carbonyl (C=O) groups excluding carboxylic acids is 1. The highest BCUT2D eigenvalue weighted by Gasteiger charge is 2.29. The van der Waals surface area contributed by atoms with Crippen LogP contribution in [-0.2, 0) is 16.8 Å². The fourth-order valence-electron chi connectivity index (χ4n) is 2.22. The molecule has 2 aromatic rings. The van der Waals surface area contributed by atoms with Crippen molar-refractivity contribution in [3.63, 3.8) is 0 Å². The van der Waals surface area contributed by atoms with Gasteiger partial charge in [-0.25, -0.2) is 0 Å². The van der Waals surface area contributed by atoms with Crippen molar-refractivity contribution in [3.8, 4) is 5.75 Å². The van der Waals surface area contributed by atoms with Crippen LogP contribution in [0.5, 0.6) is 5.75 Å². The van der Waals surface area contributed by atoms with Crippen molar-refractivity contribution in [1.29, 1.82) is 0 Å². The molecule has 0 saturated carbocycles. The van der Waals surface area contributed by atoms with Gasteiger partial charge in [0, 0.05) is 11.0 Å². The summed E-state index contributed by atoms with van der Waals surface area (Å²) < 4.78 is 7.08. The van der Waals surface area contributed by atoms with E-state index in [-0.39, 0.29) is 5.91 Å². The second-order valence-corrected chi connectivity index (χ2v) is 7.55. The zero-order valence-electron chi connectivity index (χ0n) is 13.3. The van der Waals surface area contributed by atoms with Gasteiger partial charge in [-0.1, -0.05) is 34.1 Å². The number of methoxy groups -OCH3 is 1. The molecule has 0 spiro atoms. The number of nitrogens with one attached hydrogen (secondary N) is 1. The summed E-state index contributed by atoms with van der Waals surface area (Å²) in [6.07, 6.45) is 0. The summed E-state index contributed by atoms with van der Waals surface area (Å²) in [4.78, 5) is 12.6. The van der Waals surface area contributed by atoms with E-state index in [1.807, 2.05) is 56.3 Å². The number of hydrogen-bond donors (Lipinski definition) is 1. The third kappa shape index (κ3) is 4.36. The Morgan fingerprint density at radius 1 is 1.13 bits per heavy atom. The molecule has 0 saturated heterocycles. The van der Waals surface area contributed by atoms with Crippen LogP contribution < -0.4 is 10.1 Å². The third-order valence-corrected chi connectivity index (χ3v) is 4.95. The van der Waals surface area contributed by atoms with E-state index >= 15 is 0 Å². The van der Waals surface area contributed by atoms with Gasteiger partial charge in [-0.2, -0.15) is 0 Å². The third-order valence-electron chi connectivity index (χ3n) is 3.80. The minimum Gasteiger partial charge on any atom is -0.496 e. The SMILES string of the molecule is COc1ccc(CNC(=O)C(C)(C)c2ccc(Br)cc2)cc1Br. The van der Waals surface area contributed by atoms with Crippen molar-refractivity contribution in [2.24, 2.45) is 0 Å². The molecule has 0 fully saturated rings. The number of amides is 1. The molecular formula is C18H19Br2NO2. The average Bonchev–Trinajstić information content (AvgIpc) is 2.53. The van der Waals surface area contributed by atoms with Gasteiger partial charge in [-0.15, -0.1) is 0 Å². The normalized spacial score (nSPS) is 11.2. The Kier molecular flexibility index (Phi) is 5.87. The molecule has 23 heavy (non-hydrogen) atoms. The molecule has 3 nitrogen and oxygen atoms in total. The Morgan fingerprint density at radius 2 is 1.78 bits per heavy atom. The second kappa shape index (κ2) is 7.49. The molecular weight excluding hydrogens is 422 g/mol. The number of ether oxygens (including phenoxy) is 1. The maximum absolute atomic E-state index is 12.6. The zero-order valence-corrected chi connectivity index (χ0v) is 16.5. The van der Waals surface area contributed by atoms with Gasteiger partial charge in [0.2, 0.25) is 5.91 Å². The summed E-state index contributed by atoms with van der Waals surface area (Å²) in [6, 6.07) is 13.6. The van der Waals surface area contributed by atoms with Gasteiger partial charge in [0.15, 0.2) is 0 Å². The van der Waals surface area contributed by atoms with Gasteiger partial charge in [0.25, 0.3) is 0 Å². The van der Waals surface area contributed by atoms with Crippen molar-refractivity contribution >= 4 is 37.8 Å². The van der Waals surface area contributed by atoms with Crippen LogP contribution >= 0.6 is 31.9 Å². The monoisotopic (exact) mass is 439 g/mol. The van der Waals surface area contributed by atoms with Crippen LogP contribution in [-0.4, -0.2) is 13.0 Å². The molecule has 1 N–H and O–H groups in total. The molecule has 1 amide bonds. The zero-order chi connectivity index (χ0) is 17.0. The number of hydrogen-bond acceptors (Lipinski definition) is 2. The van der Waals surface area contributed by atoms with Crippen molar-refractivity contribution in [2.45, 2.75) is 25.8 Å². The minimum absolute atomic E-state index is 0.00763. The van der Waals surface area contributed by atoms with E-state index in [2.05, 4.69) is 37.2 Å². The van der Waals surface area contributed by atoms with E-state index in [1.165, 1.54) is 0 Å². The molecule has 0 aliphatic carbocycles. The van der Waals surface area contributed by atoms with Gasteiger partial charge >= 0.3 is 0 Å². The summed E-state index contributed by atoms with van der Waals surface area (Å²) in [5.41, 5.74) is 1.40. The lowest BCUT2D eigenvalue weighted by atomic mass is 9.84. The predicted octanol–water partition coefficient (Wildman–Crippen LogP) is 4.81. The Morgan fingerprint density at radius 3 is 2.35 bits per heavy atom. The van der Waals surface area contributed by atoms with Crippen molar-refractivity contribution in [3.05, 3.63) is 62.5 Å². The molecule has 0 aromatic heterocycles. The lowest BCUT2D eigenvalue weighted by Gasteiger charge is -2.24. The smallest absolute Gasteiger partial charge is 0.230 e. The van der Waals surface area contributed by atoms with Gasteiger partial charge in [0.05, 0.1) is 17.0 Å². The fraction of sp³-hybridized carbons (Fsp3) is 0.278.